The second-order valence-electron chi connectivity index (χ2n) is 4.74. The van der Waals surface area contributed by atoms with Crippen LogP contribution in [0.2, 0.25) is 0 Å². The monoisotopic (exact) mass is 257 g/mol. The van der Waals surface area contributed by atoms with Crippen LogP contribution in [0.4, 0.5) is 0 Å². The topological polar surface area (TPSA) is 61.0 Å². The Bertz CT molecular complexity index is 567. The first kappa shape index (κ1) is 13.5. The van der Waals surface area contributed by atoms with Crippen molar-refractivity contribution in [2.75, 3.05) is 7.11 Å². The zero-order chi connectivity index (χ0) is 13.8. The van der Waals surface area contributed by atoms with E-state index >= 15 is 0 Å². The summed E-state index contributed by atoms with van der Waals surface area (Å²) in [4.78, 5) is 8.87. The number of nitrogens with zero attached hydrogens (tertiary/aromatic N) is 2. The predicted molar refractivity (Wildman–Crippen MR) is 76.1 cm³/mol. The molecule has 1 heterocycles. The average molecular weight is 257 g/mol. The lowest BCUT2D eigenvalue weighted by Crippen LogP contribution is -2.18. The van der Waals surface area contributed by atoms with E-state index in [0.717, 1.165) is 34.8 Å². The van der Waals surface area contributed by atoms with Crippen LogP contribution < -0.4 is 10.5 Å². The van der Waals surface area contributed by atoms with E-state index < -0.39 is 0 Å². The van der Waals surface area contributed by atoms with Crippen molar-refractivity contribution in [2.45, 2.75) is 26.3 Å². The van der Waals surface area contributed by atoms with Crippen LogP contribution in [0.3, 0.4) is 0 Å². The predicted octanol–water partition coefficient (Wildman–Crippen LogP) is 2.35. The summed E-state index contributed by atoms with van der Waals surface area (Å²) in [6.07, 6.45) is 2.53. The van der Waals surface area contributed by atoms with E-state index in [4.69, 9.17) is 10.5 Å². The first-order valence-corrected chi connectivity index (χ1v) is 6.32. The Morgan fingerprint density at radius 1 is 1.32 bits per heavy atom. The summed E-state index contributed by atoms with van der Waals surface area (Å²) < 4.78 is 5.25. The average Bonchev–Trinajstić information content (AvgIpc) is 2.38. The smallest absolute Gasteiger partial charge is 0.159 e. The van der Waals surface area contributed by atoms with Crippen LogP contribution in [0, 0.1) is 6.92 Å². The van der Waals surface area contributed by atoms with Crippen molar-refractivity contribution in [3.8, 4) is 17.1 Å². The van der Waals surface area contributed by atoms with Gasteiger partial charge in [0.2, 0.25) is 0 Å². The molecule has 0 radical (unpaired) electrons. The van der Waals surface area contributed by atoms with E-state index in [9.17, 15) is 0 Å². The third kappa shape index (κ3) is 3.29. The molecule has 0 amide bonds. The lowest BCUT2D eigenvalue weighted by atomic mass is 10.1. The molecule has 0 fully saturated rings. The number of hydrogen-bond donors (Lipinski definition) is 1. The number of aryl methyl sites for hydroxylation is 1. The first-order valence-electron chi connectivity index (χ1n) is 6.32. The second kappa shape index (κ2) is 5.80. The molecule has 1 aromatic carbocycles. The molecule has 0 bridgehead atoms. The Balaban J connectivity index is 2.33. The van der Waals surface area contributed by atoms with Crippen molar-refractivity contribution in [3.63, 3.8) is 0 Å². The van der Waals surface area contributed by atoms with Gasteiger partial charge in [-0.2, -0.15) is 0 Å². The van der Waals surface area contributed by atoms with Crippen molar-refractivity contribution in [2.24, 2.45) is 5.73 Å². The molecule has 0 spiro atoms. The van der Waals surface area contributed by atoms with E-state index in [1.54, 1.807) is 13.3 Å². The number of hydrogen-bond acceptors (Lipinski definition) is 4. The van der Waals surface area contributed by atoms with Gasteiger partial charge in [0.05, 0.1) is 7.11 Å². The van der Waals surface area contributed by atoms with E-state index in [2.05, 4.69) is 9.97 Å². The zero-order valence-electron chi connectivity index (χ0n) is 11.6. The van der Waals surface area contributed by atoms with Gasteiger partial charge in [0.15, 0.2) is 5.82 Å². The van der Waals surface area contributed by atoms with Crippen molar-refractivity contribution in [1.29, 1.82) is 0 Å². The molecule has 0 saturated heterocycles. The number of aromatic nitrogens is 2. The van der Waals surface area contributed by atoms with Gasteiger partial charge in [0.25, 0.3) is 0 Å². The van der Waals surface area contributed by atoms with Crippen molar-refractivity contribution in [3.05, 3.63) is 41.7 Å². The molecule has 100 valence electrons. The molecule has 1 aromatic heterocycles. The highest BCUT2D eigenvalue weighted by atomic mass is 16.5. The summed E-state index contributed by atoms with van der Waals surface area (Å²) in [6.45, 7) is 3.98. The van der Waals surface area contributed by atoms with Gasteiger partial charge in [0, 0.05) is 29.9 Å². The van der Waals surface area contributed by atoms with Crippen LogP contribution in [0.25, 0.3) is 11.4 Å². The third-order valence-electron chi connectivity index (χ3n) is 2.90. The number of benzene rings is 1. The minimum absolute atomic E-state index is 0.0975. The van der Waals surface area contributed by atoms with Gasteiger partial charge in [-0.15, -0.1) is 0 Å². The molecule has 4 heteroatoms. The maximum Gasteiger partial charge on any atom is 0.159 e. The first-order chi connectivity index (χ1) is 9.10. The number of nitrogens with two attached hydrogens (primary N) is 1. The summed E-state index contributed by atoms with van der Waals surface area (Å²) in [5.41, 5.74) is 8.83. The normalized spacial score (nSPS) is 12.2. The van der Waals surface area contributed by atoms with Gasteiger partial charge in [-0.05, 0) is 43.7 Å². The van der Waals surface area contributed by atoms with Gasteiger partial charge in [0.1, 0.15) is 5.75 Å². The van der Waals surface area contributed by atoms with E-state index in [1.807, 2.05) is 38.1 Å². The molecule has 19 heavy (non-hydrogen) atoms. The van der Waals surface area contributed by atoms with Crippen molar-refractivity contribution < 1.29 is 4.74 Å². The Kier molecular flexibility index (Phi) is 4.12. The summed E-state index contributed by atoms with van der Waals surface area (Å²) in [5, 5.41) is 0. The Labute approximate surface area is 113 Å². The number of methoxy groups -OCH3 is 1. The molecule has 4 nitrogen and oxygen atoms in total. The van der Waals surface area contributed by atoms with Crippen molar-refractivity contribution in [1.82, 2.24) is 9.97 Å². The fourth-order valence-corrected chi connectivity index (χ4v) is 2.00. The lowest BCUT2D eigenvalue weighted by Gasteiger charge is -2.08. The summed E-state index contributed by atoms with van der Waals surface area (Å²) in [6, 6.07) is 7.94. The SMILES string of the molecule is COc1ccc(-c2nccc(CC(C)N)n2)cc1C. The van der Waals surface area contributed by atoms with Crippen LogP contribution in [-0.2, 0) is 6.42 Å². The highest BCUT2D eigenvalue weighted by Gasteiger charge is 2.06. The Hall–Kier alpha value is -1.94. The van der Waals surface area contributed by atoms with Gasteiger partial charge in [-0.25, -0.2) is 9.97 Å². The summed E-state index contributed by atoms with van der Waals surface area (Å²) in [7, 11) is 1.67. The minimum atomic E-state index is 0.0975. The second-order valence-corrected chi connectivity index (χ2v) is 4.74. The number of ether oxygens (including phenoxy) is 1. The molecule has 0 saturated carbocycles. The molecule has 0 aliphatic heterocycles. The van der Waals surface area contributed by atoms with E-state index in [0.29, 0.717) is 0 Å². The van der Waals surface area contributed by atoms with Crippen LogP contribution in [0.5, 0.6) is 5.75 Å². The quantitative estimate of drug-likeness (QED) is 0.913. The largest absolute Gasteiger partial charge is 0.496 e. The lowest BCUT2D eigenvalue weighted by molar-refractivity contribution is 0.412. The summed E-state index contributed by atoms with van der Waals surface area (Å²) in [5.74, 6) is 1.60. The van der Waals surface area contributed by atoms with E-state index in [1.165, 1.54) is 0 Å². The molecule has 2 aromatic rings. The van der Waals surface area contributed by atoms with Crippen LogP contribution in [-0.4, -0.2) is 23.1 Å². The summed E-state index contributed by atoms with van der Waals surface area (Å²) >= 11 is 0. The standard InChI is InChI=1S/C15H19N3O/c1-10-8-12(4-5-14(10)19-3)15-17-7-6-13(18-15)9-11(2)16/h4-8,11H,9,16H2,1-3H3. The Morgan fingerprint density at radius 2 is 2.11 bits per heavy atom. The molecule has 0 aliphatic carbocycles. The zero-order valence-corrected chi connectivity index (χ0v) is 11.6. The van der Waals surface area contributed by atoms with Gasteiger partial charge >= 0.3 is 0 Å². The van der Waals surface area contributed by atoms with Crippen LogP contribution >= 0.6 is 0 Å². The fraction of sp³-hybridized carbons (Fsp3) is 0.333. The molecule has 1 atom stereocenters. The molecule has 2 rings (SSSR count). The maximum atomic E-state index is 5.80. The van der Waals surface area contributed by atoms with E-state index in [-0.39, 0.29) is 6.04 Å². The Morgan fingerprint density at radius 3 is 2.74 bits per heavy atom. The van der Waals surface area contributed by atoms with Crippen molar-refractivity contribution >= 4 is 0 Å². The van der Waals surface area contributed by atoms with Gasteiger partial charge in [-0.1, -0.05) is 0 Å². The third-order valence-corrected chi connectivity index (χ3v) is 2.90. The highest BCUT2D eigenvalue weighted by Crippen LogP contribution is 2.23. The van der Waals surface area contributed by atoms with Crippen LogP contribution in [0.1, 0.15) is 18.2 Å². The minimum Gasteiger partial charge on any atom is -0.496 e. The molecule has 1 unspecified atom stereocenters. The van der Waals surface area contributed by atoms with Crippen LogP contribution in [0.15, 0.2) is 30.5 Å². The molecule has 2 N–H and O–H groups in total. The fourth-order valence-electron chi connectivity index (χ4n) is 2.00. The van der Waals surface area contributed by atoms with Gasteiger partial charge in [-0.3, -0.25) is 0 Å². The highest BCUT2D eigenvalue weighted by molar-refractivity contribution is 5.58. The number of rotatable bonds is 4. The van der Waals surface area contributed by atoms with Gasteiger partial charge < -0.3 is 10.5 Å². The maximum absolute atomic E-state index is 5.80. The molecular formula is C15H19N3O. The molecule has 0 aliphatic rings. The molecular weight excluding hydrogens is 238 g/mol.